The zero-order valence-corrected chi connectivity index (χ0v) is 10.5. The fourth-order valence-corrected chi connectivity index (χ4v) is 3.63. The zero-order valence-electron chi connectivity index (χ0n) is 8.86. The molecule has 0 fully saturated rings. The number of nitrogens with one attached hydrogen (secondary N) is 1. The Hall–Kier alpha value is -0.430. The van der Waals surface area contributed by atoms with Gasteiger partial charge in [-0.1, -0.05) is 6.92 Å². The highest BCUT2D eigenvalue weighted by Gasteiger charge is 2.18. The van der Waals surface area contributed by atoms with Gasteiger partial charge in [0.1, 0.15) is 4.21 Å². The van der Waals surface area contributed by atoms with E-state index in [-0.39, 0.29) is 6.04 Å². The summed E-state index contributed by atoms with van der Waals surface area (Å²) in [5, 5.41) is 0. The molecule has 0 radical (unpaired) electrons. The molecule has 0 spiro atoms. The van der Waals surface area contributed by atoms with Gasteiger partial charge in [0.05, 0.1) is 0 Å². The van der Waals surface area contributed by atoms with Crippen LogP contribution in [0.2, 0.25) is 0 Å². The third-order valence-electron chi connectivity index (χ3n) is 1.96. The van der Waals surface area contributed by atoms with Crippen LogP contribution in [0.4, 0.5) is 0 Å². The minimum absolute atomic E-state index is 0.234. The fourth-order valence-electron chi connectivity index (χ4n) is 1.06. The molecule has 1 aromatic rings. The SMILES string of the molecule is CCc1ccc(S(=O)(=O)NC(C)CN)s1. The molecule has 0 amide bonds. The molecule has 1 rings (SSSR count). The first kappa shape index (κ1) is 12.6. The van der Waals surface area contributed by atoms with Crippen LogP contribution in [0.15, 0.2) is 16.3 Å². The van der Waals surface area contributed by atoms with Crippen molar-refractivity contribution in [3.63, 3.8) is 0 Å². The third kappa shape index (κ3) is 3.27. The summed E-state index contributed by atoms with van der Waals surface area (Å²) in [7, 11) is -3.37. The Labute approximate surface area is 94.5 Å². The van der Waals surface area contributed by atoms with Crippen molar-refractivity contribution in [3.05, 3.63) is 17.0 Å². The second-order valence-electron chi connectivity index (χ2n) is 3.33. The third-order valence-corrected chi connectivity index (χ3v) is 5.27. The number of hydrogen-bond acceptors (Lipinski definition) is 4. The summed E-state index contributed by atoms with van der Waals surface area (Å²) in [4.78, 5) is 1.07. The summed E-state index contributed by atoms with van der Waals surface area (Å²) in [5.74, 6) is 0. The van der Waals surface area contributed by atoms with Gasteiger partial charge in [0, 0.05) is 17.5 Å². The molecule has 15 heavy (non-hydrogen) atoms. The first-order valence-electron chi connectivity index (χ1n) is 4.80. The van der Waals surface area contributed by atoms with Crippen LogP contribution in [-0.2, 0) is 16.4 Å². The van der Waals surface area contributed by atoms with Crippen LogP contribution in [-0.4, -0.2) is 21.0 Å². The average Bonchev–Trinajstić information content (AvgIpc) is 2.65. The molecule has 0 aliphatic heterocycles. The van der Waals surface area contributed by atoms with Gasteiger partial charge in [-0.05, 0) is 25.5 Å². The molecule has 1 atom stereocenters. The molecular formula is C9H16N2O2S2. The molecule has 0 aliphatic rings. The van der Waals surface area contributed by atoms with Crippen molar-refractivity contribution in [3.8, 4) is 0 Å². The quantitative estimate of drug-likeness (QED) is 0.814. The maximum Gasteiger partial charge on any atom is 0.250 e. The van der Waals surface area contributed by atoms with E-state index in [1.54, 1.807) is 13.0 Å². The summed E-state index contributed by atoms with van der Waals surface area (Å²) in [6, 6.07) is 3.24. The molecule has 0 saturated heterocycles. The van der Waals surface area contributed by atoms with Crippen LogP contribution in [0.3, 0.4) is 0 Å². The van der Waals surface area contributed by atoms with Gasteiger partial charge in [-0.15, -0.1) is 11.3 Å². The van der Waals surface area contributed by atoms with E-state index in [0.717, 1.165) is 11.3 Å². The lowest BCUT2D eigenvalue weighted by Crippen LogP contribution is -2.37. The maximum atomic E-state index is 11.8. The Morgan fingerprint density at radius 1 is 1.53 bits per heavy atom. The molecule has 1 unspecified atom stereocenters. The Morgan fingerprint density at radius 3 is 2.67 bits per heavy atom. The molecule has 6 heteroatoms. The highest BCUT2D eigenvalue weighted by molar-refractivity contribution is 7.91. The van der Waals surface area contributed by atoms with Crippen molar-refractivity contribution in [2.75, 3.05) is 6.54 Å². The van der Waals surface area contributed by atoms with E-state index in [4.69, 9.17) is 5.73 Å². The fraction of sp³-hybridized carbons (Fsp3) is 0.556. The lowest BCUT2D eigenvalue weighted by molar-refractivity contribution is 0.564. The van der Waals surface area contributed by atoms with Gasteiger partial charge in [0.25, 0.3) is 0 Å². The van der Waals surface area contributed by atoms with Gasteiger partial charge in [-0.2, -0.15) is 0 Å². The molecule has 0 bridgehead atoms. The van der Waals surface area contributed by atoms with Crippen LogP contribution in [0, 0.1) is 0 Å². The largest absolute Gasteiger partial charge is 0.329 e. The summed E-state index contributed by atoms with van der Waals surface area (Å²) < 4.78 is 26.4. The second kappa shape index (κ2) is 5.07. The Kier molecular flexibility index (Phi) is 4.27. The molecule has 4 nitrogen and oxygen atoms in total. The van der Waals surface area contributed by atoms with Gasteiger partial charge >= 0.3 is 0 Å². The Balaban J connectivity index is 2.86. The predicted octanol–water partition coefficient (Wildman–Crippen LogP) is 0.936. The molecule has 0 saturated carbocycles. The van der Waals surface area contributed by atoms with Crippen LogP contribution in [0.1, 0.15) is 18.7 Å². The van der Waals surface area contributed by atoms with Crippen molar-refractivity contribution in [2.24, 2.45) is 5.73 Å². The first-order chi connectivity index (χ1) is 6.99. The van der Waals surface area contributed by atoms with Crippen molar-refractivity contribution in [1.29, 1.82) is 0 Å². The van der Waals surface area contributed by atoms with E-state index in [0.29, 0.717) is 10.8 Å². The number of sulfonamides is 1. The summed E-state index contributed by atoms with van der Waals surface area (Å²) in [6.45, 7) is 4.04. The lowest BCUT2D eigenvalue weighted by Gasteiger charge is -2.10. The smallest absolute Gasteiger partial charge is 0.250 e. The number of hydrogen-bond donors (Lipinski definition) is 2. The van der Waals surface area contributed by atoms with Crippen molar-refractivity contribution < 1.29 is 8.42 Å². The van der Waals surface area contributed by atoms with E-state index in [2.05, 4.69) is 4.72 Å². The molecule has 1 aromatic heterocycles. The van der Waals surface area contributed by atoms with E-state index in [9.17, 15) is 8.42 Å². The number of aryl methyl sites for hydroxylation is 1. The van der Waals surface area contributed by atoms with E-state index >= 15 is 0 Å². The molecule has 3 N–H and O–H groups in total. The Morgan fingerprint density at radius 2 is 2.20 bits per heavy atom. The molecular weight excluding hydrogens is 232 g/mol. The summed E-state index contributed by atoms with van der Waals surface area (Å²) in [5.41, 5.74) is 5.37. The number of nitrogens with two attached hydrogens (primary N) is 1. The van der Waals surface area contributed by atoms with Crippen LogP contribution in [0.25, 0.3) is 0 Å². The van der Waals surface area contributed by atoms with Gasteiger partial charge in [0.15, 0.2) is 0 Å². The van der Waals surface area contributed by atoms with Gasteiger partial charge in [0.2, 0.25) is 10.0 Å². The van der Waals surface area contributed by atoms with Crippen LogP contribution in [0.5, 0.6) is 0 Å². The standard InChI is InChI=1S/C9H16N2O2S2/c1-3-8-4-5-9(14-8)15(12,13)11-7(2)6-10/h4-5,7,11H,3,6,10H2,1-2H3. The van der Waals surface area contributed by atoms with Crippen LogP contribution < -0.4 is 10.5 Å². The molecule has 0 aromatic carbocycles. The van der Waals surface area contributed by atoms with E-state index < -0.39 is 10.0 Å². The van der Waals surface area contributed by atoms with Crippen molar-refractivity contribution >= 4 is 21.4 Å². The number of thiophene rings is 1. The highest BCUT2D eigenvalue weighted by Crippen LogP contribution is 2.21. The average molecular weight is 248 g/mol. The summed E-state index contributed by atoms with van der Waals surface area (Å²) in [6.07, 6.45) is 0.854. The minimum Gasteiger partial charge on any atom is -0.329 e. The lowest BCUT2D eigenvalue weighted by atomic mass is 10.4. The molecule has 86 valence electrons. The predicted molar refractivity (Wildman–Crippen MR) is 62.5 cm³/mol. The Bertz CT molecular complexity index is 412. The monoisotopic (exact) mass is 248 g/mol. The van der Waals surface area contributed by atoms with E-state index in [1.807, 2.05) is 13.0 Å². The topological polar surface area (TPSA) is 72.2 Å². The second-order valence-corrected chi connectivity index (χ2v) is 6.44. The van der Waals surface area contributed by atoms with Gasteiger partial charge in [-0.3, -0.25) is 0 Å². The normalized spacial score (nSPS) is 14.1. The molecule has 0 aliphatic carbocycles. The van der Waals surface area contributed by atoms with Gasteiger partial charge < -0.3 is 5.73 Å². The zero-order chi connectivity index (χ0) is 11.5. The minimum atomic E-state index is -3.37. The first-order valence-corrected chi connectivity index (χ1v) is 7.10. The van der Waals surface area contributed by atoms with Gasteiger partial charge in [-0.25, -0.2) is 13.1 Å². The summed E-state index contributed by atoms with van der Waals surface area (Å²) >= 11 is 1.30. The highest BCUT2D eigenvalue weighted by atomic mass is 32.2. The van der Waals surface area contributed by atoms with Crippen LogP contribution >= 0.6 is 11.3 Å². The van der Waals surface area contributed by atoms with Crippen molar-refractivity contribution in [2.45, 2.75) is 30.5 Å². The molecule has 1 heterocycles. The number of rotatable bonds is 5. The van der Waals surface area contributed by atoms with Crippen molar-refractivity contribution in [1.82, 2.24) is 4.72 Å². The van der Waals surface area contributed by atoms with E-state index in [1.165, 1.54) is 11.3 Å². The maximum absolute atomic E-state index is 11.8.